The van der Waals surface area contributed by atoms with Gasteiger partial charge in [-0.05, 0) is 107 Å². The summed E-state index contributed by atoms with van der Waals surface area (Å²) in [7, 11) is 0. The van der Waals surface area contributed by atoms with Crippen LogP contribution in [0.1, 0.15) is 16.7 Å². The lowest BCUT2D eigenvalue weighted by Gasteiger charge is -2.16. The van der Waals surface area contributed by atoms with Gasteiger partial charge in [-0.1, -0.05) is 66.7 Å². The van der Waals surface area contributed by atoms with Crippen LogP contribution in [0.5, 0.6) is 0 Å². The van der Waals surface area contributed by atoms with E-state index >= 15 is 0 Å². The third kappa shape index (κ3) is 4.53. The zero-order chi connectivity index (χ0) is 33.8. The van der Waals surface area contributed by atoms with Crippen LogP contribution in [0.2, 0.25) is 0 Å². The van der Waals surface area contributed by atoms with E-state index in [0.717, 1.165) is 82.8 Å². The standard InChI is InChI=1S/C45H24N4O/c46-25-28-13-16-42-39(19-28)40-20-29(26-47)14-17-43(40)49(42)34-22-32(30-15-18-45-41(24-30)38-11-5-6-12-44(38)50-45)21-33(23-34)36-9-3-4-10-37(36)35-8-2-1-7-31(35)27-48/h1-24H. The summed E-state index contributed by atoms with van der Waals surface area (Å²) in [5.41, 5.74) is 12.0. The van der Waals surface area contributed by atoms with E-state index in [1.165, 1.54) is 0 Å². The molecule has 2 heterocycles. The molecule has 0 saturated carbocycles. The zero-order valence-electron chi connectivity index (χ0n) is 26.6. The highest BCUT2D eigenvalue weighted by Crippen LogP contribution is 2.41. The van der Waals surface area contributed by atoms with Crippen LogP contribution < -0.4 is 0 Å². The second-order valence-corrected chi connectivity index (χ2v) is 12.3. The summed E-state index contributed by atoms with van der Waals surface area (Å²) >= 11 is 0. The molecule has 0 N–H and O–H groups in total. The molecule has 9 aromatic rings. The van der Waals surface area contributed by atoms with E-state index in [1.807, 2.05) is 97.1 Å². The molecule has 9 rings (SSSR count). The monoisotopic (exact) mass is 636 g/mol. The van der Waals surface area contributed by atoms with Gasteiger partial charge in [0, 0.05) is 32.8 Å². The summed E-state index contributed by atoms with van der Waals surface area (Å²) in [6.45, 7) is 0. The molecule has 7 aromatic carbocycles. The van der Waals surface area contributed by atoms with Gasteiger partial charge in [-0.25, -0.2) is 0 Å². The van der Waals surface area contributed by atoms with Gasteiger partial charge >= 0.3 is 0 Å². The lowest BCUT2D eigenvalue weighted by Crippen LogP contribution is -1.97. The number of rotatable bonds is 4. The Morgan fingerprint density at radius 2 is 1.04 bits per heavy atom. The molecular weight excluding hydrogens is 613 g/mol. The molecule has 0 saturated heterocycles. The molecule has 5 heteroatoms. The first-order valence-corrected chi connectivity index (χ1v) is 16.2. The highest BCUT2D eigenvalue weighted by molar-refractivity contribution is 6.10. The van der Waals surface area contributed by atoms with Crippen LogP contribution in [-0.4, -0.2) is 4.57 Å². The van der Waals surface area contributed by atoms with Gasteiger partial charge in [0.25, 0.3) is 0 Å². The Morgan fingerprint density at radius 1 is 0.420 bits per heavy atom. The second kappa shape index (κ2) is 11.4. The number of aromatic nitrogens is 1. The number of fused-ring (bicyclic) bond motifs is 6. The van der Waals surface area contributed by atoms with Gasteiger partial charge in [-0.3, -0.25) is 0 Å². The number of nitriles is 3. The maximum atomic E-state index is 10.0. The van der Waals surface area contributed by atoms with Crippen molar-refractivity contribution in [1.82, 2.24) is 4.57 Å². The average Bonchev–Trinajstić information content (AvgIpc) is 3.72. The maximum Gasteiger partial charge on any atom is 0.135 e. The first kappa shape index (κ1) is 28.8. The Kier molecular flexibility index (Phi) is 6.56. The van der Waals surface area contributed by atoms with E-state index < -0.39 is 0 Å². The quantitative estimate of drug-likeness (QED) is 0.192. The topological polar surface area (TPSA) is 89.4 Å². The predicted octanol–water partition coefficient (Wildman–Crippen LogP) is 11.3. The maximum absolute atomic E-state index is 10.0. The minimum Gasteiger partial charge on any atom is -0.456 e. The zero-order valence-corrected chi connectivity index (χ0v) is 26.6. The third-order valence-electron chi connectivity index (χ3n) is 9.49. The lowest BCUT2D eigenvalue weighted by atomic mass is 9.90. The van der Waals surface area contributed by atoms with Crippen molar-refractivity contribution in [2.24, 2.45) is 0 Å². The molecule has 0 bridgehead atoms. The van der Waals surface area contributed by atoms with E-state index in [0.29, 0.717) is 16.7 Å². The van der Waals surface area contributed by atoms with Gasteiger partial charge in [-0.2, -0.15) is 15.8 Å². The van der Waals surface area contributed by atoms with Crippen LogP contribution in [-0.2, 0) is 0 Å². The summed E-state index contributed by atoms with van der Waals surface area (Å²) in [6.07, 6.45) is 0. The molecule has 50 heavy (non-hydrogen) atoms. The molecule has 0 aliphatic carbocycles. The average molecular weight is 637 g/mol. The summed E-state index contributed by atoms with van der Waals surface area (Å²) in [4.78, 5) is 0. The molecule has 0 unspecified atom stereocenters. The fraction of sp³-hybridized carbons (Fsp3) is 0. The number of para-hydroxylation sites is 1. The second-order valence-electron chi connectivity index (χ2n) is 12.3. The Balaban J connectivity index is 1.36. The fourth-order valence-electron chi connectivity index (χ4n) is 7.19. The lowest BCUT2D eigenvalue weighted by molar-refractivity contribution is 0.669. The van der Waals surface area contributed by atoms with Crippen molar-refractivity contribution in [3.63, 3.8) is 0 Å². The minimum absolute atomic E-state index is 0.555. The first-order chi connectivity index (χ1) is 24.6. The van der Waals surface area contributed by atoms with Crippen molar-refractivity contribution in [2.75, 3.05) is 0 Å². The van der Waals surface area contributed by atoms with E-state index in [4.69, 9.17) is 4.42 Å². The van der Waals surface area contributed by atoms with E-state index in [2.05, 4.69) is 71.3 Å². The van der Waals surface area contributed by atoms with Crippen molar-refractivity contribution in [2.45, 2.75) is 0 Å². The molecule has 0 radical (unpaired) electrons. The molecule has 0 aliphatic heterocycles. The molecule has 230 valence electrons. The van der Waals surface area contributed by atoms with Gasteiger partial charge in [0.05, 0.1) is 45.9 Å². The predicted molar refractivity (Wildman–Crippen MR) is 199 cm³/mol. The fourth-order valence-corrected chi connectivity index (χ4v) is 7.19. The van der Waals surface area contributed by atoms with Crippen molar-refractivity contribution >= 4 is 43.7 Å². The summed E-state index contributed by atoms with van der Waals surface area (Å²) in [6, 6.07) is 55.2. The van der Waals surface area contributed by atoms with Gasteiger partial charge in [0.15, 0.2) is 0 Å². The van der Waals surface area contributed by atoms with Crippen molar-refractivity contribution in [3.8, 4) is 57.3 Å². The minimum atomic E-state index is 0.555. The van der Waals surface area contributed by atoms with Crippen LogP contribution in [0.15, 0.2) is 150 Å². The Labute approximate surface area is 287 Å². The van der Waals surface area contributed by atoms with E-state index in [-0.39, 0.29) is 0 Å². The molecule has 0 aliphatic rings. The number of benzene rings is 7. The highest BCUT2D eigenvalue weighted by atomic mass is 16.3. The van der Waals surface area contributed by atoms with Crippen molar-refractivity contribution in [1.29, 1.82) is 15.8 Å². The third-order valence-corrected chi connectivity index (χ3v) is 9.49. The van der Waals surface area contributed by atoms with Gasteiger partial charge in [-0.15, -0.1) is 0 Å². The van der Waals surface area contributed by atoms with Crippen molar-refractivity contribution in [3.05, 3.63) is 162 Å². The van der Waals surface area contributed by atoms with Gasteiger partial charge in [0.1, 0.15) is 11.2 Å². The van der Waals surface area contributed by atoms with E-state index in [1.54, 1.807) is 0 Å². The van der Waals surface area contributed by atoms with Crippen LogP contribution in [0.25, 0.3) is 82.8 Å². The molecule has 0 amide bonds. The number of hydrogen-bond donors (Lipinski definition) is 0. The summed E-state index contributed by atoms with van der Waals surface area (Å²) in [5, 5.41) is 33.5. The normalized spacial score (nSPS) is 11.1. The Morgan fingerprint density at radius 3 is 1.76 bits per heavy atom. The van der Waals surface area contributed by atoms with Crippen LogP contribution in [0.3, 0.4) is 0 Å². The highest BCUT2D eigenvalue weighted by Gasteiger charge is 2.18. The SMILES string of the molecule is N#Cc1ccc2c(c1)c1cc(C#N)ccc1n2-c1cc(-c2ccc3oc4ccccc4c3c2)cc(-c2ccccc2-c2ccccc2C#N)c1. The van der Waals surface area contributed by atoms with E-state index in [9.17, 15) is 15.8 Å². The molecule has 0 atom stereocenters. The van der Waals surface area contributed by atoms with Crippen LogP contribution in [0, 0.1) is 34.0 Å². The summed E-state index contributed by atoms with van der Waals surface area (Å²) in [5.74, 6) is 0. The van der Waals surface area contributed by atoms with Crippen LogP contribution in [0.4, 0.5) is 0 Å². The number of nitrogens with zero attached hydrogens (tertiary/aromatic N) is 4. The number of furan rings is 1. The molecule has 2 aromatic heterocycles. The van der Waals surface area contributed by atoms with Crippen molar-refractivity contribution < 1.29 is 4.42 Å². The smallest absolute Gasteiger partial charge is 0.135 e. The Hall–Kier alpha value is -7.39. The molecule has 5 nitrogen and oxygen atoms in total. The molecule has 0 spiro atoms. The summed E-state index contributed by atoms with van der Waals surface area (Å²) < 4.78 is 8.37. The molecular formula is C45H24N4O. The largest absolute Gasteiger partial charge is 0.456 e. The van der Waals surface area contributed by atoms with Gasteiger partial charge in [0.2, 0.25) is 0 Å². The first-order valence-electron chi connectivity index (χ1n) is 16.2. The molecule has 0 fully saturated rings. The van der Waals surface area contributed by atoms with Crippen LogP contribution >= 0.6 is 0 Å². The number of hydrogen-bond acceptors (Lipinski definition) is 4. The Bertz CT molecular complexity index is 2910. The van der Waals surface area contributed by atoms with Gasteiger partial charge < -0.3 is 8.98 Å².